The van der Waals surface area contributed by atoms with Gasteiger partial charge in [0.2, 0.25) is 5.91 Å². The zero-order valence-electron chi connectivity index (χ0n) is 14.2. The van der Waals surface area contributed by atoms with Gasteiger partial charge in [0.05, 0.1) is 12.7 Å². The van der Waals surface area contributed by atoms with Gasteiger partial charge in [-0.2, -0.15) is 0 Å². The molecule has 0 fully saturated rings. The van der Waals surface area contributed by atoms with Crippen molar-refractivity contribution in [1.82, 2.24) is 0 Å². The second-order valence-electron chi connectivity index (χ2n) is 5.64. The first-order valence-corrected chi connectivity index (χ1v) is 8.18. The van der Waals surface area contributed by atoms with Crippen LogP contribution in [0.1, 0.15) is 41.3 Å². The Bertz CT molecular complexity index is 675. The average Bonchev–Trinajstić information content (AvgIpc) is 2.62. The third-order valence-corrected chi connectivity index (χ3v) is 3.89. The maximum atomic E-state index is 12.0. The van der Waals surface area contributed by atoms with Crippen LogP contribution in [-0.2, 0) is 22.4 Å². The van der Waals surface area contributed by atoms with E-state index in [9.17, 15) is 9.59 Å². The van der Waals surface area contributed by atoms with Crippen molar-refractivity contribution in [3.63, 3.8) is 0 Å². The van der Waals surface area contributed by atoms with Crippen LogP contribution in [0.3, 0.4) is 0 Å². The number of benzene rings is 2. The Morgan fingerprint density at radius 3 is 2.17 bits per heavy atom. The minimum atomic E-state index is -0.338. The van der Waals surface area contributed by atoms with Crippen LogP contribution < -0.4 is 5.32 Å². The summed E-state index contributed by atoms with van der Waals surface area (Å²) >= 11 is 0. The van der Waals surface area contributed by atoms with Crippen molar-refractivity contribution in [3.05, 3.63) is 65.2 Å². The number of rotatable bonds is 7. The standard InChI is InChI=1S/C20H23NO3/c1-3-15-9-13-18(14-10-15)21-19(22)6-4-5-16-7-11-17(12-8-16)20(23)24-2/h7-14H,3-6H2,1-2H3,(H,21,22). The van der Waals surface area contributed by atoms with E-state index in [2.05, 4.69) is 17.0 Å². The molecule has 4 heteroatoms. The minimum absolute atomic E-state index is 0.0189. The van der Waals surface area contributed by atoms with Gasteiger partial charge in [0.1, 0.15) is 0 Å². The van der Waals surface area contributed by atoms with Gasteiger partial charge in [-0.1, -0.05) is 31.2 Å². The summed E-state index contributed by atoms with van der Waals surface area (Å²) in [5.41, 5.74) is 3.72. The van der Waals surface area contributed by atoms with Crippen molar-refractivity contribution >= 4 is 17.6 Å². The molecule has 0 unspecified atom stereocenters. The number of carbonyl (C=O) groups is 2. The molecule has 0 spiro atoms. The van der Waals surface area contributed by atoms with Crippen LogP contribution in [0.25, 0.3) is 0 Å². The lowest BCUT2D eigenvalue weighted by Crippen LogP contribution is -2.11. The van der Waals surface area contributed by atoms with E-state index in [-0.39, 0.29) is 11.9 Å². The zero-order chi connectivity index (χ0) is 17.4. The summed E-state index contributed by atoms with van der Waals surface area (Å²) in [4.78, 5) is 23.3. The monoisotopic (exact) mass is 325 g/mol. The maximum absolute atomic E-state index is 12.0. The molecular formula is C20H23NO3. The molecule has 0 bridgehead atoms. The van der Waals surface area contributed by atoms with Gasteiger partial charge >= 0.3 is 5.97 Å². The van der Waals surface area contributed by atoms with Crippen LogP contribution in [0.5, 0.6) is 0 Å². The molecular weight excluding hydrogens is 302 g/mol. The van der Waals surface area contributed by atoms with Crippen LogP contribution in [-0.4, -0.2) is 19.0 Å². The molecule has 0 heterocycles. The lowest BCUT2D eigenvalue weighted by Gasteiger charge is -2.06. The largest absolute Gasteiger partial charge is 0.465 e. The van der Waals surface area contributed by atoms with Gasteiger partial charge in [0.25, 0.3) is 0 Å². The molecule has 4 nitrogen and oxygen atoms in total. The van der Waals surface area contributed by atoms with E-state index in [1.165, 1.54) is 12.7 Å². The number of hydrogen-bond acceptors (Lipinski definition) is 3. The van der Waals surface area contributed by atoms with E-state index in [1.54, 1.807) is 12.1 Å². The fourth-order valence-electron chi connectivity index (χ4n) is 2.43. The van der Waals surface area contributed by atoms with E-state index < -0.39 is 0 Å². The molecule has 0 atom stereocenters. The Kier molecular flexibility index (Phi) is 6.55. The minimum Gasteiger partial charge on any atom is -0.465 e. The number of anilines is 1. The number of esters is 1. The Balaban J connectivity index is 1.76. The third-order valence-electron chi connectivity index (χ3n) is 3.89. The number of amides is 1. The number of ether oxygens (including phenoxy) is 1. The lowest BCUT2D eigenvalue weighted by molar-refractivity contribution is -0.116. The fraction of sp³-hybridized carbons (Fsp3) is 0.300. The molecule has 2 rings (SSSR count). The number of aryl methyl sites for hydroxylation is 2. The quantitative estimate of drug-likeness (QED) is 0.783. The average molecular weight is 325 g/mol. The van der Waals surface area contributed by atoms with Crippen molar-refractivity contribution in [2.45, 2.75) is 32.6 Å². The molecule has 0 aliphatic heterocycles. The van der Waals surface area contributed by atoms with Crippen LogP contribution in [0, 0.1) is 0 Å². The van der Waals surface area contributed by atoms with Crippen molar-refractivity contribution in [2.75, 3.05) is 12.4 Å². The van der Waals surface area contributed by atoms with Crippen molar-refractivity contribution < 1.29 is 14.3 Å². The fourth-order valence-corrected chi connectivity index (χ4v) is 2.43. The summed E-state index contributed by atoms with van der Waals surface area (Å²) in [5.74, 6) is -0.319. The summed E-state index contributed by atoms with van der Waals surface area (Å²) < 4.78 is 4.67. The van der Waals surface area contributed by atoms with Gasteiger partial charge in [0, 0.05) is 12.1 Å². The molecule has 0 saturated carbocycles. The SMILES string of the molecule is CCc1ccc(NC(=O)CCCc2ccc(C(=O)OC)cc2)cc1. The van der Waals surface area contributed by atoms with Gasteiger partial charge in [-0.15, -0.1) is 0 Å². The van der Waals surface area contributed by atoms with Crippen LogP contribution in [0.4, 0.5) is 5.69 Å². The number of nitrogens with one attached hydrogen (secondary N) is 1. The van der Waals surface area contributed by atoms with Gasteiger partial charge in [-0.3, -0.25) is 4.79 Å². The van der Waals surface area contributed by atoms with E-state index in [0.29, 0.717) is 12.0 Å². The molecule has 126 valence electrons. The molecule has 0 radical (unpaired) electrons. The molecule has 0 aromatic heterocycles. The first-order chi connectivity index (χ1) is 11.6. The Morgan fingerprint density at radius 1 is 0.958 bits per heavy atom. The number of methoxy groups -OCH3 is 1. The van der Waals surface area contributed by atoms with Crippen LogP contribution in [0.2, 0.25) is 0 Å². The Morgan fingerprint density at radius 2 is 1.58 bits per heavy atom. The normalized spacial score (nSPS) is 10.2. The predicted molar refractivity (Wildman–Crippen MR) is 95.2 cm³/mol. The van der Waals surface area contributed by atoms with Gasteiger partial charge in [-0.25, -0.2) is 4.79 Å². The highest BCUT2D eigenvalue weighted by Gasteiger charge is 2.06. The van der Waals surface area contributed by atoms with Crippen molar-refractivity contribution in [1.29, 1.82) is 0 Å². The van der Waals surface area contributed by atoms with Gasteiger partial charge < -0.3 is 10.1 Å². The Hall–Kier alpha value is -2.62. The highest BCUT2D eigenvalue weighted by atomic mass is 16.5. The molecule has 1 amide bonds. The molecule has 24 heavy (non-hydrogen) atoms. The van der Waals surface area contributed by atoms with E-state index in [0.717, 1.165) is 30.5 Å². The first kappa shape index (κ1) is 17.7. The number of carbonyl (C=O) groups excluding carboxylic acids is 2. The van der Waals surface area contributed by atoms with E-state index >= 15 is 0 Å². The van der Waals surface area contributed by atoms with Gasteiger partial charge in [0.15, 0.2) is 0 Å². The summed E-state index contributed by atoms with van der Waals surface area (Å²) in [5, 5.41) is 2.91. The zero-order valence-corrected chi connectivity index (χ0v) is 14.2. The molecule has 2 aromatic carbocycles. The molecule has 0 saturated heterocycles. The first-order valence-electron chi connectivity index (χ1n) is 8.18. The summed E-state index contributed by atoms with van der Waals surface area (Å²) in [7, 11) is 1.37. The highest BCUT2D eigenvalue weighted by molar-refractivity contribution is 5.90. The molecule has 0 aliphatic rings. The van der Waals surface area contributed by atoms with E-state index in [4.69, 9.17) is 0 Å². The maximum Gasteiger partial charge on any atom is 0.337 e. The number of hydrogen-bond donors (Lipinski definition) is 1. The van der Waals surface area contributed by atoms with Crippen molar-refractivity contribution in [2.24, 2.45) is 0 Å². The lowest BCUT2D eigenvalue weighted by atomic mass is 10.1. The second kappa shape index (κ2) is 8.87. The van der Waals surface area contributed by atoms with Crippen LogP contribution >= 0.6 is 0 Å². The van der Waals surface area contributed by atoms with Crippen molar-refractivity contribution in [3.8, 4) is 0 Å². The van der Waals surface area contributed by atoms with Crippen LogP contribution in [0.15, 0.2) is 48.5 Å². The Labute approximate surface area is 142 Å². The summed E-state index contributed by atoms with van der Waals surface area (Å²) in [6.07, 6.45) is 3.01. The van der Waals surface area contributed by atoms with E-state index in [1.807, 2.05) is 36.4 Å². The predicted octanol–water partition coefficient (Wildman–Crippen LogP) is 4.00. The third kappa shape index (κ3) is 5.23. The topological polar surface area (TPSA) is 55.4 Å². The smallest absolute Gasteiger partial charge is 0.337 e. The highest BCUT2D eigenvalue weighted by Crippen LogP contribution is 2.12. The molecule has 2 aromatic rings. The summed E-state index contributed by atoms with van der Waals surface area (Å²) in [6.45, 7) is 2.10. The summed E-state index contributed by atoms with van der Waals surface area (Å²) in [6, 6.07) is 15.2. The molecule has 0 aliphatic carbocycles. The molecule has 1 N–H and O–H groups in total. The van der Waals surface area contributed by atoms with Gasteiger partial charge in [-0.05, 0) is 54.7 Å². The second-order valence-corrected chi connectivity index (χ2v) is 5.64.